The molecule has 4 fully saturated rings. The predicted molar refractivity (Wildman–Crippen MR) is 277 cm³/mol. The van der Waals surface area contributed by atoms with E-state index < -0.39 is 0 Å². The van der Waals surface area contributed by atoms with Crippen molar-refractivity contribution in [1.82, 2.24) is 4.57 Å². The average Bonchev–Trinajstić information content (AvgIpc) is 3.93. The van der Waals surface area contributed by atoms with E-state index in [-0.39, 0.29) is 5.41 Å². The molecule has 4 aliphatic carbocycles. The fraction of sp³-hybridized carbons (Fsp3) is 0.156. The lowest BCUT2D eigenvalue weighted by Crippen LogP contribution is -2.57. The quantitative estimate of drug-likeness (QED) is 0.166. The lowest BCUT2D eigenvalue weighted by molar-refractivity contribution is -0.0418. The fourth-order valence-electron chi connectivity index (χ4n) is 14.4. The number of aromatic nitrogens is 1. The van der Waals surface area contributed by atoms with Crippen LogP contribution < -0.4 is 4.90 Å². The van der Waals surface area contributed by atoms with Gasteiger partial charge in [0, 0.05) is 44.0 Å². The molecule has 3 nitrogen and oxygen atoms in total. The van der Waals surface area contributed by atoms with Crippen molar-refractivity contribution in [3.05, 3.63) is 217 Å². The molecule has 0 unspecified atom stereocenters. The summed E-state index contributed by atoms with van der Waals surface area (Å²) in [5.74, 6) is 3.00. The Balaban J connectivity index is 0.943. The fourth-order valence-corrected chi connectivity index (χ4v) is 14.4. The standard InChI is InChI=1S/C64H48N2O/c1-2-13-42(14-3-1)43-25-29-47(30-26-43)65(48-31-27-44(28-32-48)50-15-4-5-16-51(50)53-19-12-24-61-62(53)54-18-7-11-23-60(54)67-61)49-38-55-52-17-6-9-21-58(52)66-59-22-10-8-20-56(59)64(57(39-49)63(55)66)45-34-40-33-41(36-45)37-46(64)35-40/h1-32,38-41,45-46H,33-37H2. The van der Waals surface area contributed by atoms with Gasteiger partial charge in [-0.25, -0.2) is 0 Å². The van der Waals surface area contributed by atoms with Crippen LogP contribution in [0.5, 0.6) is 0 Å². The monoisotopic (exact) mass is 860 g/mol. The Morgan fingerprint density at radius 1 is 0.418 bits per heavy atom. The molecular formula is C64H48N2O. The van der Waals surface area contributed by atoms with Crippen LogP contribution in [0.2, 0.25) is 0 Å². The van der Waals surface area contributed by atoms with E-state index in [0.717, 1.165) is 45.1 Å². The zero-order chi connectivity index (χ0) is 43.8. The zero-order valence-electron chi connectivity index (χ0n) is 37.3. The molecule has 1 aliphatic heterocycles. The molecule has 2 aromatic heterocycles. The second-order valence-electron chi connectivity index (χ2n) is 20.1. The second-order valence-corrected chi connectivity index (χ2v) is 20.1. The van der Waals surface area contributed by atoms with Crippen LogP contribution in [0.15, 0.2) is 211 Å². The molecule has 0 N–H and O–H groups in total. The van der Waals surface area contributed by atoms with Crippen molar-refractivity contribution in [2.24, 2.45) is 23.7 Å². The number of para-hydroxylation sites is 3. The number of rotatable bonds is 6. The molecule has 3 heteroatoms. The molecule has 0 amide bonds. The van der Waals surface area contributed by atoms with E-state index in [1.54, 1.807) is 11.1 Å². The smallest absolute Gasteiger partial charge is 0.136 e. The second kappa shape index (κ2) is 14.2. The first-order valence-corrected chi connectivity index (χ1v) is 24.4. The number of anilines is 3. The van der Waals surface area contributed by atoms with Gasteiger partial charge in [0.2, 0.25) is 0 Å². The highest BCUT2D eigenvalue weighted by Gasteiger charge is 2.61. The summed E-state index contributed by atoms with van der Waals surface area (Å²) in [5.41, 5.74) is 19.7. The van der Waals surface area contributed by atoms with Crippen LogP contribution in [-0.4, -0.2) is 4.57 Å². The summed E-state index contributed by atoms with van der Waals surface area (Å²) >= 11 is 0. The highest BCUT2D eigenvalue weighted by molar-refractivity contribution is 6.15. The lowest BCUT2D eigenvalue weighted by atomic mass is 9.41. The average molecular weight is 861 g/mol. The molecule has 320 valence electrons. The maximum absolute atomic E-state index is 6.37. The van der Waals surface area contributed by atoms with Crippen molar-refractivity contribution in [2.75, 3.05) is 4.90 Å². The van der Waals surface area contributed by atoms with Crippen LogP contribution in [0.25, 0.3) is 82.8 Å². The van der Waals surface area contributed by atoms with Gasteiger partial charge >= 0.3 is 0 Å². The van der Waals surface area contributed by atoms with Gasteiger partial charge in [0.1, 0.15) is 11.2 Å². The van der Waals surface area contributed by atoms with E-state index in [4.69, 9.17) is 4.42 Å². The summed E-state index contributed by atoms with van der Waals surface area (Å²) in [6, 6.07) is 76.9. The summed E-state index contributed by atoms with van der Waals surface area (Å²) in [6.07, 6.45) is 6.79. The van der Waals surface area contributed by atoms with Crippen LogP contribution in [0.1, 0.15) is 43.2 Å². The Morgan fingerprint density at radius 2 is 1.01 bits per heavy atom. The molecule has 0 saturated heterocycles. The number of benzene rings is 9. The molecule has 16 rings (SSSR count). The van der Waals surface area contributed by atoms with E-state index in [1.165, 1.54) is 98.7 Å². The van der Waals surface area contributed by atoms with Crippen LogP contribution in [0, 0.1) is 23.7 Å². The van der Waals surface area contributed by atoms with E-state index in [1.807, 2.05) is 6.07 Å². The molecule has 4 bridgehead atoms. The third-order valence-electron chi connectivity index (χ3n) is 16.8. The van der Waals surface area contributed by atoms with Crippen LogP contribution in [-0.2, 0) is 5.41 Å². The minimum absolute atomic E-state index is 0.0256. The summed E-state index contributed by atoms with van der Waals surface area (Å²) in [4.78, 5) is 2.54. The largest absolute Gasteiger partial charge is 0.456 e. The molecule has 1 spiro atoms. The maximum Gasteiger partial charge on any atom is 0.136 e. The Hall–Kier alpha value is -7.62. The first kappa shape index (κ1) is 37.6. The first-order chi connectivity index (χ1) is 33.2. The van der Waals surface area contributed by atoms with Gasteiger partial charge in [-0.1, -0.05) is 146 Å². The van der Waals surface area contributed by atoms with Gasteiger partial charge < -0.3 is 13.9 Å². The topological polar surface area (TPSA) is 21.3 Å². The van der Waals surface area contributed by atoms with Crippen molar-refractivity contribution < 1.29 is 4.42 Å². The SMILES string of the molecule is c1ccc(-c2ccc(N(c3ccc(-c4ccccc4-c4cccc5oc6ccccc6c45)cc3)c3cc4c5c(c3)c3ccccc3n5-c3ccccc3C43C4CC5CC(C4)CC3C5)cc2)cc1. The summed E-state index contributed by atoms with van der Waals surface area (Å²) in [6.45, 7) is 0. The van der Waals surface area contributed by atoms with Crippen molar-refractivity contribution in [3.63, 3.8) is 0 Å². The van der Waals surface area contributed by atoms with Gasteiger partial charge in [-0.05, 0) is 161 Å². The number of hydrogen-bond donors (Lipinski definition) is 0. The minimum Gasteiger partial charge on any atom is -0.456 e. The number of fused-ring (bicyclic) bond motifs is 8. The first-order valence-electron chi connectivity index (χ1n) is 24.4. The van der Waals surface area contributed by atoms with Gasteiger partial charge in [-0.3, -0.25) is 0 Å². The Morgan fingerprint density at radius 3 is 1.79 bits per heavy atom. The third-order valence-corrected chi connectivity index (χ3v) is 16.8. The van der Waals surface area contributed by atoms with Gasteiger partial charge in [-0.15, -0.1) is 0 Å². The normalized spacial score (nSPS) is 21.2. The van der Waals surface area contributed by atoms with Crippen molar-refractivity contribution in [1.29, 1.82) is 0 Å². The Bertz CT molecular complexity index is 3730. The predicted octanol–water partition coefficient (Wildman–Crippen LogP) is 17.2. The number of hydrogen-bond acceptors (Lipinski definition) is 2. The minimum atomic E-state index is -0.0256. The van der Waals surface area contributed by atoms with E-state index >= 15 is 0 Å². The molecule has 9 aromatic carbocycles. The summed E-state index contributed by atoms with van der Waals surface area (Å²) < 4.78 is 9.00. The van der Waals surface area contributed by atoms with Crippen molar-refractivity contribution in [2.45, 2.75) is 37.5 Å². The van der Waals surface area contributed by atoms with Crippen LogP contribution in [0.3, 0.4) is 0 Å². The van der Waals surface area contributed by atoms with E-state index in [0.29, 0.717) is 11.8 Å². The molecule has 0 atom stereocenters. The number of nitrogens with zero attached hydrogens (tertiary/aromatic N) is 2. The molecule has 3 heterocycles. The highest BCUT2D eigenvalue weighted by Crippen LogP contribution is 2.68. The maximum atomic E-state index is 6.37. The molecule has 5 aliphatic rings. The van der Waals surface area contributed by atoms with Gasteiger partial charge in [0.05, 0.1) is 16.7 Å². The summed E-state index contributed by atoms with van der Waals surface area (Å²) in [5, 5.41) is 4.98. The van der Waals surface area contributed by atoms with Crippen molar-refractivity contribution >= 4 is 60.8 Å². The zero-order valence-corrected chi connectivity index (χ0v) is 37.3. The lowest BCUT2D eigenvalue weighted by Gasteiger charge is -2.63. The van der Waals surface area contributed by atoms with E-state index in [2.05, 4.69) is 210 Å². The molecular weight excluding hydrogens is 813 g/mol. The van der Waals surface area contributed by atoms with Gasteiger partial charge in [-0.2, -0.15) is 0 Å². The third kappa shape index (κ3) is 5.34. The van der Waals surface area contributed by atoms with Crippen LogP contribution in [0.4, 0.5) is 17.1 Å². The van der Waals surface area contributed by atoms with Gasteiger partial charge in [0.15, 0.2) is 0 Å². The molecule has 4 saturated carbocycles. The summed E-state index contributed by atoms with van der Waals surface area (Å²) in [7, 11) is 0. The van der Waals surface area contributed by atoms with Crippen LogP contribution >= 0.6 is 0 Å². The molecule has 67 heavy (non-hydrogen) atoms. The van der Waals surface area contributed by atoms with Crippen molar-refractivity contribution in [3.8, 4) is 39.1 Å². The Labute approximate surface area is 390 Å². The van der Waals surface area contributed by atoms with E-state index in [9.17, 15) is 0 Å². The highest BCUT2D eigenvalue weighted by atomic mass is 16.3. The molecule has 0 radical (unpaired) electrons. The number of furan rings is 1. The Kier molecular flexibility index (Phi) is 7.96. The molecule has 11 aromatic rings. The van der Waals surface area contributed by atoms with Gasteiger partial charge in [0.25, 0.3) is 0 Å².